The van der Waals surface area contributed by atoms with E-state index in [2.05, 4.69) is 15.1 Å². The van der Waals surface area contributed by atoms with Gasteiger partial charge in [-0.1, -0.05) is 11.6 Å². The first-order chi connectivity index (χ1) is 10.2. The smallest absolute Gasteiger partial charge is 0.153 e. The number of hydrogen-bond acceptors (Lipinski definition) is 3. The van der Waals surface area contributed by atoms with Crippen LogP contribution in [-0.4, -0.2) is 47.4 Å². The van der Waals surface area contributed by atoms with Crippen LogP contribution in [0.2, 0.25) is 5.02 Å². The van der Waals surface area contributed by atoms with Crippen LogP contribution in [0, 0.1) is 5.82 Å². The Kier molecular flexibility index (Phi) is 3.36. The molecule has 3 heterocycles. The summed E-state index contributed by atoms with van der Waals surface area (Å²) in [5, 5.41) is 7.46. The lowest BCUT2D eigenvalue weighted by molar-refractivity contribution is -0.0712. The second-order valence-corrected chi connectivity index (χ2v) is 6.30. The van der Waals surface area contributed by atoms with Crippen molar-refractivity contribution in [2.75, 3.05) is 26.3 Å². The third-order valence-corrected chi connectivity index (χ3v) is 5.14. The van der Waals surface area contributed by atoms with Crippen LogP contribution in [0.25, 0.3) is 10.9 Å². The Morgan fingerprint density at radius 2 is 2.10 bits per heavy atom. The SMILES string of the molecule is Fc1c(Cl)c(C2CCN(C3COC3)CC2)cc2[nH]ncc12. The van der Waals surface area contributed by atoms with Crippen LogP contribution in [0.3, 0.4) is 0 Å². The second-order valence-electron chi connectivity index (χ2n) is 5.93. The number of halogens is 2. The van der Waals surface area contributed by atoms with E-state index in [0.717, 1.165) is 50.2 Å². The largest absolute Gasteiger partial charge is 0.378 e. The molecule has 4 nitrogen and oxygen atoms in total. The van der Waals surface area contributed by atoms with Gasteiger partial charge in [-0.05, 0) is 43.5 Å². The minimum Gasteiger partial charge on any atom is -0.378 e. The molecule has 2 aliphatic heterocycles. The van der Waals surface area contributed by atoms with Crippen LogP contribution in [0.1, 0.15) is 24.3 Å². The third-order valence-electron chi connectivity index (χ3n) is 4.76. The first kappa shape index (κ1) is 13.5. The molecular formula is C15H17ClFN3O. The molecule has 6 heteroatoms. The van der Waals surface area contributed by atoms with Gasteiger partial charge >= 0.3 is 0 Å². The summed E-state index contributed by atoms with van der Waals surface area (Å²) in [6, 6.07) is 2.54. The molecule has 0 unspecified atom stereocenters. The van der Waals surface area contributed by atoms with Crippen molar-refractivity contribution in [1.29, 1.82) is 0 Å². The molecule has 4 rings (SSSR count). The standard InChI is InChI=1S/C15H17ClFN3O/c16-14-11(5-13-12(15(14)17)6-18-19-13)9-1-3-20(4-2-9)10-7-21-8-10/h5-6,9-10H,1-4,7-8H2,(H,18,19). The first-order valence-electron chi connectivity index (χ1n) is 7.37. The van der Waals surface area contributed by atoms with Crippen molar-refractivity contribution < 1.29 is 9.13 Å². The van der Waals surface area contributed by atoms with Crippen molar-refractivity contribution in [2.24, 2.45) is 0 Å². The topological polar surface area (TPSA) is 41.1 Å². The maximum atomic E-state index is 14.3. The van der Waals surface area contributed by atoms with E-state index < -0.39 is 0 Å². The van der Waals surface area contributed by atoms with Crippen LogP contribution >= 0.6 is 11.6 Å². The molecule has 2 aliphatic rings. The van der Waals surface area contributed by atoms with Gasteiger partial charge in [-0.25, -0.2) is 4.39 Å². The second kappa shape index (κ2) is 5.23. The van der Waals surface area contributed by atoms with E-state index in [-0.39, 0.29) is 10.8 Å². The Morgan fingerprint density at radius 1 is 1.33 bits per heavy atom. The zero-order chi connectivity index (χ0) is 14.4. The number of H-pyrrole nitrogens is 1. The Hall–Kier alpha value is -1.17. The van der Waals surface area contributed by atoms with Crippen molar-refractivity contribution in [1.82, 2.24) is 15.1 Å². The number of ether oxygens (including phenoxy) is 1. The predicted octanol–water partition coefficient (Wildman–Crippen LogP) is 2.93. The summed E-state index contributed by atoms with van der Waals surface area (Å²) in [4.78, 5) is 2.47. The molecule has 112 valence electrons. The number of nitrogens with one attached hydrogen (secondary N) is 1. The summed E-state index contributed by atoms with van der Waals surface area (Å²) in [5.41, 5.74) is 1.64. The molecule has 0 bridgehead atoms. The number of hydrogen-bond donors (Lipinski definition) is 1. The van der Waals surface area contributed by atoms with Crippen LogP contribution in [0.15, 0.2) is 12.3 Å². The average Bonchev–Trinajstić information content (AvgIpc) is 2.90. The number of aromatic amines is 1. The van der Waals surface area contributed by atoms with E-state index in [1.54, 1.807) is 0 Å². The van der Waals surface area contributed by atoms with E-state index in [4.69, 9.17) is 16.3 Å². The molecule has 0 spiro atoms. The quantitative estimate of drug-likeness (QED) is 0.927. The van der Waals surface area contributed by atoms with Crippen molar-refractivity contribution >= 4 is 22.5 Å². The summed E-state index contributed by atoms with van der Waals surface area (Å²) in [7, 11) is 0. The molecule has 0 amide bonds. The summed E-state index contributed by atoms with van der Waals surface area (Å²) >= 11 is 6.25. The Balaban J connectivity index is 1.57. The first-order valence-corrected chi connectivity index (χ1v) is 7.74. The molecule has 0 aliphatic carbocycles. The van der Waals surface area contributed by atoms with Gasteiger partial charge in [0.2, 0.25) is 0 Å². The molecule has 1 aromatic heterocycles. The summed E-state index contributed by atoms with van der Waals surface area (Å²) < 4.78 is 19.5. The number of likely N-dealkylation sites (tertiary alicyclic amines) is 1. The summed E-state index contributed by atoms with van der Waals surface area (Å²) in [5.74, 6) is -0.0373. The van der Waals surface area contributed by atoms with Crippen LogP contribution in [0.4, 0.5) is 4.39 Å². The van der Waals surface area contributed by atoms with Gasteiger partial charge in [0, 0.05) is 0 Å². The Morgan fingerprint density at radius 3 is 2.76 bits per heavy atom. The van der Waals surface area contributed by atoms with Gasteiger partial charge in [-0.2, -0.15) is 5.10 Å². The fourth-order valence-electron chi connectivity index (χ4n) is 3.35. The average molecular weight is 310 g/mol. The lowest BCUT2D eigenvalue weighted by Gasteiger charge is -2.41. The van der Waals surface area contributed by atoms with Gasteiger partial charge in [-0.15, -0.1) is 0 Å². The monoisotopic (exact) mass is 309 g/mol. The van der Waals surface area contributed by atoms with Gasteiger partial charge in [0.25, 0.3) is 0 Å². The maximum absolute atomic E-state index is 14.3. The van der Waals surface area contributed by atoms with Crippen LogP contribution in [0.5, 0.6) is 0 Å². The lowest BCUT2D eigenvalue weighted by Crippen LogP contribution is -2.51. The zero-order valence-electron chi connectivity index (χ0n) is 11.6. The van der Waals surface area contributed by atoms with Gasteiger partial charge in [0.1, 0.15) is 0 Å². The van der Waals surface area contributed by atoms with Crippen molar-refractivity contribution in [3.05, 3.63) is 28.7 Å². The van der Waals surface area contributed by atoms with E-state index in [0.29, 0.717) is 17.3 Å². The number of benzene rings is 1. The summed E-state index contributed by atoms with van der Waals surface area (Å²) in [6.07, 6.45) is 3.50. The number of rotatable bonds is 2. The fourth-order valence-corrected chi connectivity index (χ4v) is 3.66. The van der Waals surface area contributed by atoms with Gasteiger partial charge in [0.05, 0.1) is 41.4 Å². The molecule has 1 N–H and O–H groups in total. The highest BCUT2D eigenvalue weighted by Crippen LogP contribution is 2.37. The summed E-state index contributed by atoms with van der Waals surface area (Å²) in [6.45, 7) is 3.75. The van der Waals surface area contributed by atoms with Crippen LogP contribution < -0.4 is 0 Å². The Labute approximate surface area is 127 Å². The molecular weight excluding hydrogens is 293 g/mol. The highest BCUT2D eigenvalue weighted by atomic mass is 35.5. The highest BCUT2D eigenvalue weighted by Gasteiger charge is 2.31. The van der Waals surface area contributed by atoms with Crippen molar-refractivity contribution in [3.63, 3.8) is 0 Å². The van der Waals surface area contributed by atoms with Crippen molar-refractivity contribution in [2.45, 2.75) is 24.8 Å². The number of aromatic nitrogens is 2. The predicted molar refractivity (Wildman–Crippen MR) is 79.2 cm³/mol. The molecule has 2 aromatic rings. The molecule has 2 fully saturated rings. The van der Waals surface area contributed by atoms with E-state index >= 15 is 0 Å². The van der Waals surface area contributed by atoms with E-state index in [1.807, 2.05) is 6.07 Å². The molecule has 0 saturated carbocycles. The van der Waals surface area contributed by atoms with E-state index in [1.165, 1.54) is 6.20 Å². The molecule has 0 radical (unpaired) electrons. The molecule has 21 heavy (non-hydrogen) atoms. The van der Waals surface area contributed by atoms with E-state index in [9.17, 15) is 4.39 Å². The normalized spacial score (nSPS) is 21.8. The lowest BCUT2D eigenvalue weighted by atomic mass is 9.88. The van der Waals surface area contributed by atoms with Crippen molar-refractivity contribution in [3.8, 4) is 0 Å². The fraction of sp³-hybridized carbons (Fsp3) is 0.533. The van der Waals surface area contributed by atoms with Gasteiger partial charge < -0.3 is 4.74 Å². The molecule has 0 atom stereocenters. The van der Waals surface area contributed by atoms with Gasteiger partial charge in [0.15, 0.2) is 5.82 Å². The Bertz CT molecular complexity index is 662. The maximum Gasteiger partial charge on any atom is 0.153 e. The molecule has 1 aromatic carbocycles. The van der Waals surface area contributed by atoms with Crippen LogP contribution in [-0.2, 0) is 4.74 Å². The molecule has 2 saturated heterocycles. The number of piperidine rings is 1. The minimum atomic E-state index is -0.354. The third kappa shape index (κ3) is 2.24. The minimum absolute atomic E-state index is 0.259. The van der Waals surface area contributed by atoms with Gasteiger partial charge in [-0.3, -0.25) is 10.00 Å². The number of nitrogens with zero attached hydrogens (tertiary/aromatic N) is 2. The number of fused-ring (bicyclic) bond motifs is 1. The highest BCUT2D eigenvalue weighted by molar-refractivity contribution is 6.32. The zero-order valence-corrected chi connectivity index (χ0v) is 12.4.